The fourth-order valence-electron chi connectivity index (χ4n) is 2.05. The number of hydrogen-bond donors (Lipinski definition) is 0. The summed E-state index contributed by atoms with van der Waals surface area (Å²) in [5.41, 5.74) is 0.960. The largest absolute Gasteiger partial charge is 0.445 e. The molecule has 0 aromatic heterocycles. The molecule has 0 saturated carbocycles. The van der Waals surface area contributed by atoms with E-state index in [0.717, 1.165) is 5.56 Å². The Balaban J connectivity index is 1.77. The third kappa shape index (κ3) is 3.60. The highest BCUT2D eigenvalue weighted by atomic mass is 16.6. The van der Waals surface area contributed by atoms with Gasteiger partial charge in [-0.3, -0.25) is 4.79 Å². The van der Waals surface area contributed by atoms with Crippen LogP contribution in [0.15, 0.2) is 43.0 Å². The summed E-state index contributed by atoms with van der Waals surface area (Å²) in [6, 6.07) is 9.55. The Morgan fingerprint density at radius 3 is 2.30 bits per heavy atom. The number of carbonyl (C=O) groups excluding carboxylic acids is 2. The zero-order chi connectivity index (χ0) is 14.4. The zero-order valence-corrected chi connectivity index (χ0v) is 11.3. The van der Waals surface area contributed by atoms with Crippen molar-refractivity contribution in [2.45, 2.75) is 6.61 Å². The third-order valence-corrected chi connectivity index (χ3v) is 3.23. The summed E-state index contributed by atoms with van der Waals surface area (Å²) in [4.78, 5) is 26.6. The Bertz CT molecular complexity index is 479. The molecule has 1 aromatic carbocycles. The second kappa shape index (κ2) is 6.75. The van der Waals surface area contributed by atoms with Crippen LogP contribution in [0.4, 0.5) is 4.79 Å². The van der Waals surface area contributed by atoms with E-state index < -0.39 is 0 Å². The molecule has 1 heterocycles. The maximum Gasteiger partial charge on any atom is 0.410 e. The van der Waals surface area contributed by atoms with Gasteiger partial charge in [0.15, 0.2) is 0 Å². The van der Waals surface area contributed by atoms with Crippen LogP contribution in [0.5, 0.6) is 0 Å². The summed E-state index contributed by atoms with van der Waals surface area (Å²) in [7, 11) is 0. The second-order valence-corrected chi connectivity index (χ2v) is 4.56. The quantitative estimate of drug-likeness (QED) is 0.788. The first-order chi connectivity index (χ1) is 9.70. The van der Waals surface area contributed by atoms with Gasteiger partial charge in [0.25, 0.3) is 0 Å². The van der Waals surface area contributed by atoms with Crippen molar-refractivity contribution in [3.8, 4) is 0 Å². The first-order valence-corrected chi connectivity index (χ1v) is 6.57. The summed E-state index contributed by atoms with van der Waals surface area (Å²) in [5, 5.41) is 0. The molecule has 106 valence electrons. The minimum absolute atomic E-state index is 0.0951. The molecule has 0 bridgehead atoms. The Labute approximate surface area is 118 Å². The molecule has 5 nitrogen and oxygen atoms in total. The predicted octanol–water partition coefficient (Wildman–Crippen LogP) is 1.65. The van der Waals surface area contributed by atoms with E-state index in [9.17, 15) is 9.59 Å². The van der Waals surface area contributed by atoms with Gasteiger partial charge in [0.2, 0.25) is 5.91 Å². The van der Waals surface area contributed by atoms with Crippen LogP contribution >= 0.6 is 0 Å². The molecule has 0 radical (unpaired) electrons. The highest BCUT2D eigenvalue weighted by molar-refractivity contribution is 5.87. The Morgan fingerprint density at radius 1 is 1.10 bits per heavy atom. The van der Waals surface area contributed by atoms with Crippen LogP contribution in [0, 0.1) is 0 Å². The van der Waals surface area contributed by atoms with Crippen LogP contribution in [0.3, 0.4) is 0 Å². The minimum Gasteiger partial charge on any atom is -0.445 e. The first-order valence-electron chi connectivity index (χ1n) is 6.57. The summed E-state index contributed by atoms with van der Waals surface area (Å²) in [6.07, 6.45) is 0.961. The van der Waals surface area contributed by atoms with Crippen LogP contribution in [-0.4, -0.2) is 48.0 Å². The molecule has 1 aromatic rings. The number of rotatable bonds is 3. The third-order valence-electron chi connectivity index (χ3n) is 3.23. The van der Waals surface area contributed by atoms with E-state index in [1.165, 1.54) is 6.08 Å². The van der Waals surface area contributed by atoms with Crippen molar-refractivity contribution in [2.75, 3.05) is 26.2 Å². The molecule has 1 fully saturated rings. The molecule has 5 heteroatoms. The number of piperazine rings is 1. The first kappa shape index (κ1) is 14.1. The number of amides is 2. The maximum absolute atomic E-state index is 11.9. The highest BCUT2D eigenvalue weighted by Gasteiger charge is 2.23. The molecule has 2 amide bonds. The van der Waals surface area contributed by atoms with E-state index in [0.29, 0.717) is 26.2 Å². The molecule has 0 N–H and O–H groups in total. The Hall–Kier alpha value is -2.30. The van der Waals surface area contributed by atoms with E-state index in [4.69, 9.17) is 4.74 Å². The second-order valence-electron chi connectivity index (χ2n) is 4.56. The smallest absolute Gasteiger partial charge is 0.410 e. The summed E-state index contributed by atoms with van der Waals surface area (Å²) < 4.78 is 5.25. The van der Waals surface area contributed by atoms with Crippen molar-refractivity contribution >= 4 is 12.0 Å². The van der Waals surface area contributed by atoms with E-state index in [2.05, 4.69) is 6.58 Å². The molecule has 2 rings (SSSR count). The predicted molar refractivity (Wildman–Crippen MR) is 75.0 cm³/mol. The lowest BCUT2D eigenvalue weighted by atomic mass is 10.2. The fraction of sp³-hybridized carbons (Fsp3) is 0.333. The zero-order valence-electron chi connectivity index (χ0n) is 11.3. The van der Waals surface area contributed by atoms with Crippen LogP contribution < -0.4 is 0 Å². The van der Waals surface area contributed by atoms with Crippen molar-refractivity contribution in [3.63, 3.8) is 0 Å². The number of carbonyl (C=O) groups is 2. The van der Waals surface area contributed by atoms with E-state index >= 15 is 0 Å². The molecular weight excluding hydrogens is 256 g/mol. The summed E-state index contributed by atoms with van der Waals surface area (Å²) >= 11 is 0. The monoisotopic (exact) mass is 274 g/mol. The summed E-state index contributed by atoms with van der Waals surface area (Å²) in [5.74, 6) is -0.0951. The highest BCUT2D eigenvalue weighted by Crippen LogP contribution is 2.07. The van der Waals surface area contributed by atoms with Crippen LogP contribution in [-0.2, 0) is 16.1 Å². The van der Waals surface area contributed by atoms with Gasteiger partial charge in [-0.2, -0.15) is 0 Å². The van der Waals surface area contributed by atoms with E-state index in [1.54, 1.807) is 9.80 Å². The number of benzene rings is 1. The van der Waals surface area contributed by atoms with Crippen molar-refractivity contribution in [1.82, 2.24) is 9.80 Å². The SMILES string of the molecule is C=CC(=O)N1CCN(C(=O)OCc2ccccc2)CC1. The molecule has 1 saturated heterocycles. The van der Waals surface area contributed by atoms with Crippen molar-refractivity contribution < 1.29 is 14.3 Å². The Kier molecular flexibility index (Phi) is 4.76. The summed E-state index contributed by atoms with van der Waals surface area (Å²) in [6.45, 7) is 5.75. The van der Waals surface area contributed by atoms with Gasteiger partial charge in [0.05, 0.1) is 0 Å². The van der Waals surface area contributed by atoms with Gasteiger partial charge in [-0.15, -0.1) is 0 Å². The molecular formula is C15H18N2O3. The molecule has 1 aliphatic rings. The average molecular weight is 274 g/mol. The normalized spacial score (nSPS) is 14.8. The molecule has 20 heavy (non-hydrogen) atoms. The molecule has 0 atom stereocenters. The lowest BCUT2D eigenvalue weighted by molar-refractivity contribution is -0.127. The van der Waals surface area contributed by atoms with Gasteiger partial charge in [0, 0.05) is 26.2 Å². The van der Waals surface area contributed by atoms with Gasteiger partial charge in [-0.05, 0) is 11.6 Å². The van der Waals surface area contributed by atoms with Crippen LogP contribution in [0.1, 0.15) is 5.56 Å². The fourth-order valence-corrected chi connectivity index (χ4v) is 2.05. The molecule has 0 aliphatic carbocycles. The van der Waals surface area contributed by atoms with Crippen molar-refractivity contribution in [3.05, 3.63) is 48.6 Å². The van der Waals surface area contributed by atoms with Gasteiger partial charge in [-0.1, -0.05) is 36.9 Å². The lowest BCUT2D eigenvalue weighted by Crippen LogP contribution is -2.50. The maximum atomic E-state index is 11.9. The van der Waals surface area contributed by atoms with Gasteiger partial charge >= 0.3 is 6.09 Å². The van der Waals surface area contributed by atoms with Crippen LogP contribution in [0.2, 0.25) is 0 Å². The average Bonchev–Trinajstić information content (AvgIpc) is 2.53. The molecule has 0 unspecified atom stereocenters. The van der Waals surface area contributed by atoms with Gasteiger partial charge in [0.1, 0.15) is 6.61 Å². The van der Waals surface area contributed by atoms with Crippen LogP contribution in [0.25, 0.3) is 0 Å². The number of hydrogen-bond acceptors (Lipinski definition) is 3. The topological polar surface area (TPSA) is 49.9 Å². The van der Waals surface area contributed by atoms with E-state index in [1.807, 2.05) is 30.3 Å². The lowest BCUT2D eigenvalue weighted by Gasteiger charge is -2.33. The van der Waals surface area contributed by atoms with Crippen molar-refractivity contribution in [2.24, 2.45) is 0 Å². The van der Waals surface area contributed by atoms with Gasteiger partial charge < -0.3 is 14.5 Å². The Morgan fingerprint density at radius 2 is 1.70 bits per heavy atom. The van der Waals surface area contributed by atoms with Crippen molar-refractivity contribution in [1.29, 1.82) is 0 Å². The number of nitrogens with zero attached hydrogens (tertiary/aromatic N) is 2. The van der Waals surface area contributed by atoms with Gasteiger partial charge in [-0.25, -0.2) is 4.79 Å². The molecule has 0 spiro atoms. The number of ether oxygens (including phenoxy) is 1. The minimum atomic E-state index is -0.334. The molecule has 1 aliphatic heterocycles. The van der Waals surface area contributed by atoms with E-state index in [-0.39, 0.29) is 18.6 Å². The standard InChI is InChI=1S/C15H18N2O3/c1-2-14(18)16-8-10-17(11-9-16)15(19)20-12-13-6-4-3-5-7-13/h2-7H,1,8-12H2.